The Bertz CT molecular complexity index is 1550. The number of benzene rings is 3. The van der Waals surface area contributed by atoms with Gasteiger partial charge in [0.15, 0.2) is 11.6 Å². The first-order chi connectivity index (χ1) is 19.8. The Morgan fingerprint density at radius 3 is 2.56 bits per heavy atom. The topological polar surface area (TPSA) is 110 Å². The van der Waals surface area contributed by atoms with Gasteiger partial charge < -0.3 is 30.3 Å². The number of rotatable bonds is 10. The Morgan fingerprint density at radius 1 is 1.05 bits per heavy atom. The van der Waals surface area contributed by atoms with Crippen molar-refractivity contribution in [1.29, 1.82) is 0 Å². The van der Waals surface area contributed by atoms with Gasteiger partial charge in [-0.05, 0) is 67.9 Å². The monoisotopic (exact) mass is 558 g/mol. The number of esters is 1. The van der Waals surface area contributed by atoms with Crippen LogP contribution in [0.25, 0.3) is 0 Å². The van der Waals surface area contributed by atoms with Crippen LogP contribution in [0, 0.1) is 5.82 Å². The van der Waals surface area contributed by atoms with Crippen molar-refractivity contribution >= 4 is 34.8 Å². The molecule has 0 spiro atoms. The SMILES string of the molecule is COC(=O)c1ccc(CN2Cc3ccc(Nc4ncc(F)c(Nc5ccc(OC(C)C)cc5)n4)cc3N2)c(OC)c1. The molecule has 0 fully saturated rings. The van der Waals surface area contributed by atoms with E-state index in [0.717, 1.165) is 34.4 Å². The van der Waals surface area contributed by atoms with Gasteiger partial charge in [0.05, 0.1) is 37.8 Å². The van der Waals surface area contributed by atoms with E-state index in [4.69, 9.17) is 14.2 Å². The van der Waals surface area contributed by atoms with Crippen molar-refractivity contribution in [1.82, 2.24) is 15.0 Å². The summed E-state index contributed by atoms with van der Waals surface area (Å²) in [6, 6.07) is 18.3. The van der Waals surface area contributed by atoms with Gasteiger partial charge in [0.25, 0.3) is 0 Å². The lowest BCUT2D eigenvalue weighted by Gasteiger charge is -2.18. The minimum absolute atomic E-state index is 0.0534. The lowest BCUT2D eigenvalue weighted by Crippen LogP contribution is -2.23. The Hall–Kier alpha value is -4.90. The van der Waals surface area contributed by atoms with Crippen LogP contribution in [0.5, 0.6) is 11.5 Å². The van der Waals surface area contributed by atoms with E-state index in [2.05, 4.69) is 26.0 Å². The van der Waals surface area contributed by atoms with Crippen molar-refractivity contribution in [3.8, 4) is 11.5 Å². The number of aromatic nitrogens is 2. The largest absolute Gasteiger partial charge is 0.496 e. The van der Waals surface area contributed by atoms with Crippen LogP contribution < -0.4 is 25.5 Å². The molecule has 3 N–H and O–H groups in total. The first-order valence-corrected chi connectivity index (χ1v) is 13.0. The second kappa shape index (κ2) is 12.1. The summed E-state index contributed by atoms with van der Waals surface area (Å²) in [7, 11) is 2.92. The quantitative estimate of drug-likeness (QED) is 0.200. The summed E-state index contributed by atoms with van der Waals surface area (Å²) in [6.45, 7) is 5.12. The highest BCUT2D eigenvalue weighted by atomic mass is 19.1. The number of hydrogen-bond donors (Lipinski definition) is 3. The van der Waals surface area contributed by atoms with Gasteiger partial charge in [-0.25, -0.2) is 19.2 Å². The number of hydrazine groups is 1. The number of fused-ring (bicyclic) bond motifs is 1. The van der Waals surface area contributed by atoms with Crippen LogP contribution in [0.1, 0.15) is 35.3 Å². The zero-order valence-corrected chi connectivity index (χ0v) is 23.2. The van der Waals surface area contributed by atoms with Crippen molar-refractivity contribution in [3.05, 3.63) is 89.4 Å². The van der Waals surface area contributed by atoms with E-state index in [0.29, 0.717) is 30.1 Å². The summed E-state index contributed by atoms with van der Waals surface area (Å²) in [5.74, 6) is 0.651. The van der Waals surface area contributed by atoms with Crippen molar-refractivity contribution in [2.45, 2.75) is 33.0 Å². The van der Waals surface area contributed by atoms with Crippen LogP contribution in [0.4, 0.5) is 33.2 Å². The molecule has 0 atom stereocenters. The Labute approximate surface area is 237 Å². The summed E-state index contributed by atoms with van der Waals surface area (Å²) in [5, 5.41) is 8.19. The Balaban J connectivity index is 1.24. The van der Waals surface area contributed by atoms with Gasteiger partial charge in [-0.3, -0.25) is 0 Å². The number of methoxy groups -OCH3 is 2. The van der Waals surface area contributed by atoms with Crippen molar-refractivity contribution in [2.24, 2.45) is 0 Å². The molecule has 0 amide bonds. The highest BCUT2D eigenvalue weighted by Crippen LogP contribution is 2.32. The van der Waals surface area contributed by atoms with E-state index in [9.17, 15) is 9.18 Å². The first-order valence-electron chi connectivity index (χ1n) is 13.0. The zero-order valence-electron chi connectivity index (χ0n) is 23.2. The standard InChI is InChI=1S/C30H31FN6O4/c1-18(2)41-24-11-9-22(10-12-24)33-28-25(31)15-32-30(35-28)34-23-8-7-20-16-37(36-26(20)14-23)17-21-6-5-19(29(38)40-4)13-27(21)39-3/h5-15,18,36H,16-17H2,1-4H3,(H2,32,33,34,35). The minimum atomic E-state index is -0.570. The van der Waals surface area contributed by atoms with Gasteiger partial charge in [0.1, 0.15) is 11.5 Å². The Morgan fingerprint density at radius 2 is 1.83 bits per heavy atom. The van der Waals surface area contributed by atoms with Gasteiger partial charge in [-0.1, -0.05) is 12.1 Å². The van der Waals surface area contributed by atoms with Crippen LogP contribution in [0.3, 0.4) is 0 Å². The van der Waals surface area contributed by atoms with Crippen LogP contribution >= 0.6 is 0 Å². The molecule has 0 unspecified atom stereocenters. The third-order valence-corrected chi connectivity index (χ3v) is 6.31. The van der Waals surface area contributed by atoms with Crippen molar-refractivity contribution < 1.29 is 23.4 Å². The summed E-state index contributed by atoms with van der Waals surface area (Å²) < 4.78 is 30.5. The molecule has 1 aromatic heterocycles. The maximum absolute atomic E-state index is 14.5. The van der Waals surface area contributed by atoms with Crippen LogP contribution in [-0.4, -0.2) is 41.3 Å². The molecule has 10 nitrogen and oxygen atoms in total. The summed E-state index contributed by atoms with van der Waals surface area (Å²) in [6.07, 6.45) is 1.19. The smallest absolute Gasteiger partial charge is 0.337 e. The molecule has 0 saturated heterocycles. The second-order valence-electron chi connectivity index (χ2n) is 9.69. The summed E-state index contributed by atoms with van der Waals surface area (Å²) in [5.41, 5.74) is 8.18. The number of ether oxygens (including phenoxy) is 3. The lowest BCUT2D eigenvalue weighted by molar-refractivity contribution is 0.0600. The molecule has 11 heteroatoms. The second-order valence-corrected chi connectivity index (χ2v) is 9.69. The number of halogens is 1. The molecule has 3 aromatic carbocycles. The molecule has 0 saturated carbocycles. The molecule has 1 aliphatic heterocycles. The van der Waals surface area contributed by atoms with Crippen molar-refractivity contribution in [2.75, 3.05) is 30.3 Å². The average molecular weight is 559 g/mol. The van der Waals surface area contributed by atoms with E-state index in [-0.39, 0.29) is 17.9 Å². The molecule has 4 aromatic rings. The zero-order chi connectivity index (χ0) is 28.9. The van der Waals surface area contributed by atoms with E-state index in [1.54, 1.807) is 31.4 Å². The highest BCUT2D eigenvalue weighted by molar-refractivity contribution is 5.90. The number of carbonyl (C=O) groups is 1. The van der Waals surface area contributed by atoms with E-state index < -0.39 is 11.8 Å². The molecule has 0 aliphatic carbocycles. The molecule has 0 bridgehead atoms. The maximum atomic E-state index is 14.5. The molecule has 1 aliphatic rings. The van der Waals surface area contributed by atoms with E-state index in [1.165, 1.54) is 7.11 Å². The molecule has 2 heterocycles. The Kier molecular flexibility index (Phi) is 8.16. The fraction of sp³-hybridized carbons (Fsp3) is 0.233. The van der Waals surface area contributed by atoms with Crippen LogP contribution in [0.2, 0.25) is 0 Å². The maximum Gasteiger partial charge on any atom is 0.337 e. The van der Waals surface area contributed by atoms with Gasteiger partial charge in [0, 0.05) is 30.0 Å². The van der Waals surface area contributed by atoms with Crippen LogP contribution in [-0.2, 0) is 17.8 Å². The van der Waals surface area contributed by atoms with Gasteiger partial charge >= 0.3 is 5.97 Å². The first kappa shape index (κ1) is 27.7. The molecule has 212 valence electrons. The number of anilines is 5. The van der Waals surface area contributed by atoms with E-state index in [1.807, 2.05) is 55.3 Å². The summed E-state index contributed by atoms with van der Waals surface area (Å²) >= 11 is 0. The number of nitrogens with zero attached hydrogens (tertiary/aromatic N) is 3. The van der Waals surface area contributed by atoms with Crippen LogP contribution in [0.15, 0.2) is 66.9 Å². The average Bonchev–Trinajstić information content (AvgIpc) is 3.37. The number of hydrogen-bond acceptors (Lipinski definition) is 10. The van der Waals surface area contributed by atoms with Gasteiger partial charge in [-0.15, -0.1) is 0 Å². The predicted molar refractivity (Wildman–Crippen MR) is 154 cm³/mol. The molecular formula is C30H31FN6O4. The molecule has 41 heavy (non-hydrogen) atoms. The van der Waals surface area contributed by atoms with Gasteiger partial charge in [0.2, 0.25) is 5.95 Å². The van der Waals surface area contributed by atoms with E-state index >= 15 is 0 Å². The van der Waals surface area contributed by atoms with Gasteiger partial charge in [-0.2, -0.15) is 4.98 Å². The third kappa shape index (κ3) is 6.64. The third-order valence-electron chi connectivity index (χ3n) is 6.31. The lowest BCUT2D eigenvalue weighted by atomic mass is 10.1. The highest BCUT2D eigenvalue weighted by Gasteiger charge is 2.21. The summed E-state index contributed by atoms with van der Waals surface area (Å²) in [4.78, 5) is 20.3. The molecular weight excluding hydrogens is 527 g/mol. The molecule has 5 rings (SSSR count). The number of nitrogens with one attached hydrogen (secondary N) is 3. The number of carbonyl (C=O) groups excluding carboxylic acids is 1. The fourth-order valence-corrected chi connectivity index (χ4v) is 4.40. The van der Waals surface area contributed by atoms with Crippen molar-refractivity contribution in [3.63, 3.8) is 0 Å². The predicted octanol–water partition coefficient (Wildman–Crippen LogP) is 6.03. The fourth-order valence-electron chi connectivity index (χ4n) is 4.40. The normalized spacial score (nSPS) is 12.4. The molecule has 0 radical (unpaired) electrons. The minimum Gasteiger partial charge on any atom is -0.496 e.